The van der Waals surface area contributed by atoms with Crippen molar-refractivity contribution in [2.45, 2.75) is 0 Å². The number of carboxylic acid groups (broad SMARTS) is 1. The lowest BCUT2D eigenvalue weighted by atomic mass is 10.2. The number of carbonyl (C=O) groups is 1. The van der Waals surface area contributed by atoms with Gasteiger partial charge in [0.25, 0.3) is 5.56 Å². The standard InChI is InChI=1S/C18H11ClFN3O4S/c19-13-7-11(5-6-14(13)20)23-16(25)12(15(24)22-18(23)28)8-21-10-3-1-9(2-4-10)17(26)27/h1-8,25H,(H,26,27)(H,22,24,28). The fourth-order valence-corrected chi connectivity index (χ4v) is 2.81. The number of nitrogens with zero attached hydrogens (tertiary/aromatic N) is 2. The van der Waals surface area contributed by atoms with Crippen molar-refractivity contribution in [2.75, 3.05) is 0 Å². The van der Waals surface area contributed by atoms with E-state index in [0.29, 0.717) is 5.69 Å². The molecule has 0 saturated heterocycles. The lowest BCUT2D eigenvalue weighted by Gasteiger charge is -2.11. The molecule has 0 saturated carbocycles. The van der Waals surface area contributed by atoms with E-state index in [4.69, 9.17) is 28.9 Å². The van der Waals surface area contributed by atoms with E-state index in [1.165, 1.54) is 36.4 Å². The van der Waals surface area contributed by atoms with Crippen LogP contribution in [0.5, 0.6) is 5.88 Å². The van der Waals surface area contributed by atoms with Gasteiger partial charge in [0.05, 0.1) is 22.0 Å². The van der Waals surface area contributed by atoms with Crippen LogP contribution in [0.2, 0.25) is 5.02 Å². The molecule has 0 amide bonds. The van der Waals surface area contributed by atoms with Crippen LogP contribution in [0.1, 0.15) is 15.9 Å². The molecule has 10 heteroatoms. The Hall–Kier alpha value is -3.30. The first-order valence-corrected chi connectivity index (χ1v) is 8.47. The van der Waals surface area contributed by atoms with Gasteiger partial charge in [-0.2, -0.15) is 0 Å². The number of hydrogen-bond donors (Lipinski definition) is 3. The Kier molecular flexibility index (Phi) is 5.39. The van der Waals surface area contributed by atoms with Gasteiger partial charge in [-0.05, 0) is 54.7 Å². The molecule has 3 aromatic rings. The van der Waals surface area contributed by atoms with Crippen LogP contribution in [-0.4, -0.2) is 31.9 Å². The van der Waals surface area contributed by atoms with Gasteiger partial charge < -0.3 is 10.2 Å². The number of halogens is 2. The number of hydrogen-bond acceptors (Lipinski definition) is 5. The third-order valence-corrected chi connectivity index (χ3v) is 4.31. The molecule has 0 aliphatic carbocycles. The Balaban J connectivity index is 2.06. The van der Waals surface area contributed by atoms with Gasteiger partial charge in [-0.3, -0.25) is 19.3 Å². The molecule has 0 radical (unpaired) electrons. The molecule has 3 rings (SSSR count). The average molecular weight is 420 g/mol. The Morgan fingerprint density at radius 3 is 2.54 bits per heavy atom. The molecular formula is C18H11ClFN3O4S. The van der Waals surface area contributed by atoms with E-state index in [-0.39, 0.29) is 26.6 Å². The summed E-state index contributed by atoms with van der Waals surface area (Å²) in [6.07, 6.45) is 1.11. The van der Waals surface area contributed by atoms with Crippen LogP contribution >= 0.6 is 23.8 Å². The molecule has 0 unspecified atom stereocenters. The first kappa shape index (κ1) is 19.5. The van der Waals surface area contributed by atoms with Crippen molar-refractivity contribution in [2.24, 2.45) is 4.99 Å². The summed E-state index contributed by atoms with van der Waals surface area (Å²) in [6, 6.07) is 9.28. The maximum atomic E-state index is 13.4. The van der Waals surface area contributed by atoms with Crippen LogP contribution in [0.3, 0.4) is 0 Å². The third kappa shape index (κ3) is 3.85. The molecule has 0 atom stereocenters. The van der Waals surface area contributed by atoms with E-state index in [0.717, 1.165) is 16.8 Å². The Labute approximate surface area is 167 Å². The average Bonchev–Trinajstić information content (AvgIpc) is 2.64. The van der Waals surface area contributed by atoms with Gasteiger partial charge in [0.1, 0.15) is 11.4 Å². The third-order valence-electron chi connectivity index (χ3n) is 3.74. The smallest absolute Gasteiger partial charge is 0.335 e. The highest BCUT2D eigenvalue weighted by Crippen LogP contribution is 2.24. The number of H-pyrrole nitrogens is 1. The number of aliphatic imine (C=N–C) groups is 1. The highest BCUT2D eigenvalue weighted by molar-refractivity contribution is 7.71. The molecule has 0 aliphatic rings. The van der Waals surface area contributed by atoms with Crippen molar-refractivity contribution < 1.29 is 19.4 Å². The molecule has 1 aromatic heterocycles. The van der Waals surface area contributed by atoms with Gasteiger partial charge in [0, 0.05) is 6.21 Å². The summed E-state index contributed by atoms with van der Waals surface area (Å²) in [5.74, 6) is -2.24. The van der Waals surface area contributed by atoms with Crippen molar-refractivity contribution in [3.05, 3.63) is 79.6 Å². The normalized spacial score (nSPS) is 11.1. The fourth-order valence-electron chi connectivity index (χ4n) is 2.35. The molecule has 2 aromatic carbocycles. The number of aromatic nitrogens is 2. The van der Waals surface area contributed by atoms with Crippen molar-refractivity contribution >= 4 is 41.7 Å². The zero-order valence-electron chi connectivity index (χ0n) is 13.9. The molecule has 0 spiro atoms. The second kappa shape index (κ2) is 7.75. The van der Waals surface area contributed by atoms with E-state index in [1.807, 2.05) is 0 Å². The summed E-state index contributed by atoms with van der Waals surface area (Å²) >= 11 is 10.8. The number of carboxylic acids is 1. The number of benzene rings is 2. The van der Waals surface area contributed by atoms with Gasteiger partial charge in [0.15, 0.2) is 4.77 Å². The van der Waals surface area contributed by atoms with Gasteiger partial charge in [-0.15, -0.1) is 0 Å². The van der Waals surface area contributed by atoms with E-state index >= 15 is 0 Å². The largest absolute Gasteiger partial charge is 0.494 e. The molecule has 0 aliphatic heterocycles. The molecule has 0 bridgehead atoms. The summed E-state index contributed by atoms with van der Waals surface area (Å²) in [5.41, 5.74) is -0.191. The number of aromatic amines is 1. The number of rotatable bonds is 4. The van der Waals surface area contributed by atoms with Crippen molar-refractivity contribution in [1.82, 2.24) is 9.55 Å². The zero-order valence-corrected chi connectivity index (χ0v) is 15.5. The Bertz CT molecular complexity index is 1220. The van der Waals surface area contributed by atoms with Gasteiger partial charge >= 0.3 is 5.97 Å². The molecule has 3 N–H and O–H groups in total. The minimum absolute atomic E-state index is 0.0844. The highest BCUT2D eigenvalue weighted by Gasteiger charge is 2.14. The summed E-state index contributed by atoms with van der Waals surface area (Å²) in [7, 11) is 0. The summed E-state index contributed by atoms with van der Waals surface area (Å²) in [5, 5.41) is 19.2. The van der Waals surface area contributed by atoms with Gasteiger partial charge in [-0.25, -0.2) is 9.18 Å². The monoisotopic (exact) mass is 419 g/mol. The Morgan fingerprint density at radius 1 is 1.25 bits per heavy atom. The minimum Gasteiger partial charge on any atom is -0.494 e. The minimum atomic E-state index is -1.08. The van der Waals surface area contributed by atoms with Crippen LogP contribution in [0.4, 0.5) is 10.1 Å². The first-order chi connectivity index (χ1) is 13.3. The maximum absolute atomic E-state index is 13.4. The first-order valence-electron chi connectivity index (χ1n) is 7.69. The van der Waals surface area contributed by atoms with E-state index in [9.17, 15) is 19.1 Å². The number of aromatic carboxylic acids is 1. The molecule has 0 fully saturated rings. The van der Waals surface area contributed by atoms with Gasteiger partial charge in [0.2, 0.25) is 5.88 Å². The molecule has 1 heterocycles. The molecule has 7 nitrogen and oxygen atoms in total. The fraction of sp³-hybridized carbons (Fsp3) is 0. The predicted molar refractivity (Wildman–Crippen MR) is 105 cm³/mol. The highest BCUT2D eigenvalue weighted by atomic mass is 35.5. The lowest BCUT2D eigenvalue weighted by Crippen LogP contribution is -2.18. The second-order valence-electron chi connectivity index (χ2n) is 5.54. The Morgan fingerprint density at radius 2 is 1.93 bits per heavy atom. The summed E-state index contributed by atoms with van der Waals surface area (Å²) in [4.78, 5) is 29.5. The quantitative estimate of drug-likeness (QED) is 0.440. The van der Waals surface area contributed by atoms with Crippen molar-refractivity contribution in [3.8, 4) is 11.6 Å². The van der Waals surface area contributed by atoms with Gasteiger partial charge in [-0.1, -0.05) is 11.6 Å². The van der Waals surface area contributed by atoms with Crippen LogP contribution in [-0.2, 0) is 0 Å². The van der Waals surface area contributed by atoms with Crippen LogP contribution < -0.4 is 5.56 Å². The second-order valence-corrected chi connectivity index (χ2v) is 6.33. The molecule has 142 valence electrons. The zero-order chi connectivity index (χ0) is 20.4. The molecular weight excluding hydrogens is 409 g/mol. The van der Waals surface area contributed by atoms with E-state index in [1.54, 1.807) is 0 Å². The SMILES string of the molecule is O=C(O)c1ccc(N=Cc2c(O)n(-c3ccc(F)c(Cl)c3)c(=S)[nH]c2=O)cc1. The van der Waals surface area contributed by atoms with E-state index < -0.39 is 23.2 Å². The van der Waals surface area contributed by atoms with Crippen LogP contribution in [0.15, 0.2) is 52.3 Å². The van der Waals surface area contributed by atoms with E-state index in [2.05, 4.69) is 9.98 Å². The molecule has 28 heavy (non-hydrogen) atoms. The van der Waals surface area contributed by atoms with Crippen molar-refractivity contribution in [3.63, 3.8) is 0 Å². The summed E-state index contributed by atoms with van der Waals surface area (Å²) < 4.78 is 14.4. The predicted octanol–water partition coefficient (Wildman–Crippen LogP) is 3.84. The lowest BCUT2D eigenvalue weighted by molar-refractivity contribution is 0.0697. The van der Waals surface area contributed by atoms with Crippen LogP contribution in [0, 0.1) is 10.6 Å². The topological polar surface area (TPSA) is 108 Å². The number of aromatic hydroxyl groups is 1. The van der Waals surface area contributed by atoms with Crippen molar-refractivity contribution in [1.29, 1.82) is 0 Å². The number of nitrogens with one attached hydrogen (secondary N) is 1. The summed E-state index contributed by atoms with van der Waals surface area (Å²) in [6.45, 7) is 0. The van der Waals surface area contributed by atoms with Crippen LogP contribution in [0.25, 0.3) is 5.69 Å². The maximum Gasteiger partial charge on any atom is 0.335 e.